The second-order valence-corrected chi connectivity index (χ2v) is 6.80. The third-order valence-corrected chi connectivity index (χ3v) is 4.82. The average molecular weight is 391 g/mol. The van der Waals surface area contributed by atoms with Crippen LogP contribution in [0.15, 0.2) is 30.6 Å². The van der Waals surface area contributed by atoms with Crippen LogP contribution in [0.4, 0.5) is 8.78 Å². The SMILES string of the molecule is CC(=O)NC(CC(=O)N1CCNCC1c1nccn1C)c1c(F)cccc1F. The average Bonchev–Trinajstić information content (AvgIpc) is 3.06. The monoisotopic (exact) mass is 391 g/mol. The molecule has 1 fully saturated rings. The van der Waals surface area contributed by atoms with Gasteiger partial charge in [-0.2, -0.15) is 0 Å². The lowest BCUT2D eigenvalue weighted by molar-refractivity contribution is -0.135. The molecule has 0 radical (unpaired) electrons. The van der Waals surface area contributed by atoms with Crippen molar-refractivity contribution >= 4 is 11.8 Å². The van der Waals surface area contributed by atoms with Crippen LogP contribution in [-0.4, -0.2) is 45.9 Å². The zero-order valence-electron chi connectivity index (χ0n) is 15.8. The third-order valence-electron chi connectivity index (χ3n) is 4.82. The Balaban J connectivity index is 1.86. The molecule has 0 saturated carbocycles. The van der Waals surface area contributed by atoms with E-state index in [9.17, 15) is 18.4 Å². The van der Waals surface area contributed by atoms with Crippen LogP contribution in [-0.2, 0) is 16.6 Å². The molecule has 1 saturated heterocycles. The summed E-state index contributed by atoms with van der Waals surface area (Å²) < 4.78 is 30.3. The van der Waals surface area contributed by atoms with Gasteiger partial charge in [0.1, 0.15) is 23.5 Å². The van der Waals surface area contributed by atoms with Crippen molar-refractivity contribution in [3.63, 3.8) is 0 Å². The number of benzene rings is 1. The molecule has 0 spiro atoms. The number of aryl methyl sites for hydroxylation is 1. The molecular weight excluding hydrogens is 368 g/mol. The topological polar surface area (TPSA) is 79.3 Å². The number of amides is 2. The molecule has 0 bridgehead atoms. The van der Waals surface area contributed by atoms with Crippen LogP contribution >= 0.6 is 0 Å². The standard InChI is InChI=1S/C19H23F2N5O2/c1-12(27)24-15(18-13(20)4-3-5-14(18)21)10-17(28)26-9-6-22-11-16(26)19-23-7-8-25(19)2/h3-5,7-8,15-16,22H,6,9-11H2,1-2H3,(H,24,27). The summed E-state index contributed by atoms with van der Waals surface area (Å²) in [6.45, 7) is 2.81. The first kappa shape index (κ1) is 19.9. The Morgan fingerprint density at radius 2 is 2.07 bits per heavy atom. The molecule has 2 unspecified atom stereocenters. The lowest BCUT2D eigenvalue weighted by Crippen LogP contribution is -2.50. The van der Waals surface area contributed by atoms with Crippen molar-refractivity contribution < 1.29 is 18.4 Å². The van der Waals surface area contributed by atoms with E-state index in [0.29, 0.717) is 25.5 Å². The Hall–Kier alpha value is -2.81. The molecule has 2 aromatic rings. The van der Waals surface area contributed by atoms with E-state index in [1.54, 1.807) is 17.3 Å². The molecule has 2 heterocycles. The molecule has 2 atom stereocenters. The molecule has 28 heavy (non-hydrogen) atoms. The van der Waals surface area contributed by atoms with E-state index >= 15 is 0 Å². The van der Waals surface area contributed by atoms with Crippen molar-refractivity contribution in [1.82, 2.24) is 25.1 Å². The van der Waals surface area contributed by atoms with Gasteiger partial charge in [-0.3, -0.25) is 9.59 Å². The highest BCUT2D eigenvalue weighted by Gasteiger charge is 2.33. The summed E-state index contributed by atoms with van der Waals surface area (Å²) >= 11 is 0. The molecular formula is C19H23F2N5O2. The van der Waals surface area contributed by atoms with Gasteiger partial charge in [0.2, 0.25) is 11.8 Å². The van der Waals surface area contributed by atoms with E-state index in [1.165, 1.54) is 13.0 Å². The summed E-state index contributed by atoms with van der Waals surface area (Å²) in [4.78, 5) is 30.6. The zero-order chi connectivity index (χ0) is 20.3. The number of imidazole rings is 1. The van der Waals surface area contributed by atoms with Crippen LogP contribution in [0, 0.1) is 11.6 Å². The van der Waals surface area contributed by atoms with Crippen LogP contribution < -0.4 is 10.6 Å². The second-order valence-electron chi connectivity index (χ2n) is 6.80. The Kier molecular flexibility index (Phi) is 6.03. The molecule has 2 amide bonds. The summed E-state index contributed by atoms with van der Waals surface area (Å²) in [5.41, 5.74) is -0.310. The lowest BCUT2D eigenvalue weighted by Gasteiger charge is -2.36. The smallest absolute Gasteiger partial charge is 0.225 e. The highest BCUT2D eigenvalue weighted by molar-refractivity contribution is 5.79. The number of nitrogens with one attached hydrogen (secondary N) is 2. The summed E-state index contributed by atoms with van der Waals surface area (Å²) in [5.74, 6) is -1.66. The molecule has 9 heteroatoms. The van der Waals surface area contributed by atoms with Gasteiger partial charge in [-0.15, -0.1) is 0 Å². The minimum Gasteiger partial charge on any atom is -0.349 e. The van der Waals surface area contributed by atoms with Crippen molar-refractivity contribution in [2.45, 2.75) is 25.4 Å². The number of rotatable bonds is 5. The Morgan fingerprint density at radius 3 is 2.68 bits per heavy atom. The molecule has 1 aromatic heterocycles. The van der Waals surface area contributed by atoms with Crippen LogP contribution in [0.3, 0.4) is 0 Å². The number of hydrogen-bond donors (Lipinski definition) is 2. The third kappa shape index (κ3) is 4.19. The molecule has 0 aliphatic carbocycles. The van der Waals surface area contributed by atoms with Gasteiger partial charge in [-0.1, -0.05) is 6.07 Å². The van der Waals surface area contributed by atoms with Crippen LogP contribution in [0.1, 0.15) is 36.8 Å². The van der Waals surface area contributed by atoms with Gasteiger partial charge in [-0.05, 0) is 12.1 Å². The van der Waals surface area contributed by atoms with E-state index in [2.05, 4.69) is 15.6 Å². The van der Waals surface area contributed by atoms with Gasteiger partial charge in [0.05, 0.1) is 12.5 Å². The highest BCUT2D eigenvalue weighted by Crippen LogP contribution is 2.27. The number of nitrogens with zero attached hydrogens (tertiary/aromatic N) is 3. The second kappa shape index (κ2) is 8.47. The van der Waals surface area contributed by atoms with Crippen molar-refractivity contribution in [3.8, 4) is 0 Å². The first-order valence-electron chi connectivity index (χ1n) is 9.07. The molecule has 1 aromatic carbocycles. The van der Waals surface area contributed by atoms with Crippen molar-refractivity contribution in [2.24, 2.45) is 7.05 Å². The molecule has 7 nitrogen and oxygen atoms in total. The van der Waals surface area contributed by atoms with Crippen LogP contribution in [0.5, 0.6) is 0 Å². The van der Waals surface area contributed by atoms with Crippen LogP contribution in [0.25, 0.3) is 0 Å². The fraction of sp³-hybridized carbons (Fsp3) is 0.421. The van der Waals surface area contributed by atoms with Gasteiger partial charge in [-0.25, -0.2) is 13.8 Å². The first-order valence-corrected chi connectivity index (χ1v) is 9.07. The Morgan fingerprint density at radius 1 is 1.36 bits per heavy atom. The minimum absolute atomic E-state index is 0.252. The van der Waals surface area contributed by atoms with Gasteiger partial charge >= 0.3 is 0 Å². The number of carbonyl (C=O) groups excluding carboxylic acids is 2. The number of piperazine rings is 1. The normalized spacial score (nSPS) is 18.0. The molecule has 1 aliphatic heterocycles. The molecule has 150 valence electrons. The predicted octanol–water partition coefficient (Wildman–Crippen LogP) is 1.44. The quantitative estimate of drug-likeness (QED) is 0.809. The largest absolute Gasteiger partial charge is 0.349 e. The summed E-state index contributed by atoms with van der Waals surface area (Å²) in [6, 6.07) is 2.07. The van der Waals surface area contributed by atoms with E-state index < -0.39 is 23.6 Å². The van der Waals surface area contributed by atoms with E-state index in [0.717, 1.165) is 12.1 Å². The van der Waals surface area contributed by atoms with E-state index in [-0.39, 0.29) is 23.9 Å². The van der Waals surface area contributed by atoms with Gasteiger partial charge in [0.25, 0.3) is 0 Å². The maximum Gasteiger partial charge on any atom is 0.225 e. The van der Waals surface area contributed by atoms with E-state index in [1.807, 2.05) is 11.6 Å². The number of hydrogen-bond acceptors (Lipinski definition) is 4. The zero-order valence-corrected chi connectivity index (χ0v) is 15.8. The first-order chi connectivity index (χ1) is 13.4. The van der Waals surface area contributed by atoms with Gasteiger partial charge < -0.3 is 20.1 Å². The predicted molar refractivity (Wildman–Crippen MR) is 98.1 cm³/mol. The van der Waals surface area contributed by atoms with Crippen molar-refractivity contribution in [1.29, 1.82) is 0 Å². The molecule has 3 rings (SSSR count). The summed E-state index contributed by atoms with van der Waals surface area (Å²) in [5, 5.41) is 5.74. The Labute approximate surface area is 161 Å². The number of carbonyl (C=O) groups is 2. The fourth-order valence-electron chi connectivity index (χ4n) is 3.54. The fourth-order valence-corrected chi connectivity index (χ4v) is 3.54. The lowest BCUT2D eigenvalue weighted by atomic mass is 10.0. The van der Waals surface area contributed by atoms with Crippen molar-refractivity contribution in [2.75, 3.05) is 19.6 Å². The molecule has 2 N–H and O–H groups in total. The summed E-state index contributed by atoms with van der Waals surface area (Å²) in [7, 11) is 1.84. The van der Waals surface area contributed by atoms with Crippen LogP contribution in [0.2, 0.25) is 0 Å². The number of halogens is 2. The Bertz CT molecular complexity index is 850. The van der Waals surface area contributed by atoms with Gasteiger partial charge in [0, 0.05) is 51.6 Å². The highest BCUT2D eigenvalue weighted by atomic mass is 19.1. The van der Waals surface area contributed by atoms with Gasteiger partial charge in [0.15, 0.2) is 0 Å². The van der Waals surface area contributed by atoms with E-state index in [4.69, 9.17) is 0 Å². The summed E-state index contributed by atoms with van der Waals surface area (Å²) in [6.07, 6.45) is 3.20. The number of aromatic nitrogens is 2. The maximum atomic E-state index is 14.3. The van der Waals surface area contributed by atoms with Crippen molar-refractivity contribution in [3.05, 3.63) is 53.6 Å². The molecule has 1 aliphatic rings. The minimum atomic E-state index is -1.09. The maximum absolute atomic E-state index is 14.3.